The van der Waals surface area contributed by atoms with Crippen molar-refractivity contribution in [3.05, 3.63) is 48.0 Å². The van der Waals surface area contributed by atoms with E-state index in [1.54, 1.807) is 12.5 Å². The highest BCUT2D eigenvalue weighted by molar-refractivity contribution is 5.93. The van der Waals surface area contributed by atoms with E-state index in [0.717, 1.165) is 24.0 Å². The van der Waals surface area contributed by atoms with Crippen LogP contribution in [0.1, 0.15) is 31.4 Å². The van der Waals surface area contributed by atoms with E-state index in [-0.39, 0.29) is 41.2 Å². The summed E-state index contributed by atoms with van der Waals surface area (Å²) in [5, 5.41) is 0. The molecule has 3 saturated heterocycles. The van der Waals surface area contributed by atoms with E-state index in [4.69, 9.17) is 18.6 Å². The number of hydrogen-bond acceptors (Lipinski definition) is 5. The Labute approximate surface area is 145 Å². The van der Waals surface area contributed by atoms with Crippen molar-refractivity contribution in [2.45, 2.75) is 38.3 Å². The minimum Gasteiger partial charge on any atom is -0.472 e. The van der Waals surface area contributed by atoms with Gasteiger partial charge in [0.15, 0.2) is 6.29 Å². The third-order valence-corrected chi connectivity index (χ3v) is 7.41. The number of fused-ring (bicyclic) bond motifs is 1. The molecule has 5 heteroatoms. The lowest BCUT2D eigenvalue weighted by molar-refractivity contribution is -0.149. The highest BCUT2D eigenvalue weighted by Crippen LogP contribution is 2.71. The first-order valence-electron chi connectivity index (χ1n) is 9.04. The molecule has 1 saturated carbocycles. The first kappa shape index (κ1) is 14.3. The fraction of sp³-hybridized carbons (Fsp3) is 0.550. The highest BCUT2D eigenvalue weighted by Gasteiger charge is 2.73. The second-order valence-corrected chi connectivity index (χ2v) is 8.17. The van der Waals surface area contributed by atoms with Crippen LogP contribution in [-0.4, -0.2) is 25.0 Å². The summed E-state index contributed by atoms with van der Waals surface area (Å²) < 4.78 is 23.5. The zero-order valence-corrected chi connectivity index (χ0v) is 14.0. The average Bonchev–Trinajstić information content (AvgIpc) is 3.34. The van der Waals surface area contributed by atoms with Crippen molar-refractivity contribution in [3.63, 3.8) is 0 Å². The summed E-state index contributed by atoms with van der Waals surface area (Å²) in [7, 11) is 0. The molecule has 25 heavy (non-hydrogen) atoms. The first-order valence-corrected chi connectivity index (χ1v) is 9.04. The second kappa shape index (κ2) is 4.46. The average molecular weight is 340 g/mol. The molecule has 7 atom stereocenters. The fourth-order valence-corrected chi connectivity index (χ4v) is 6.20. The molecule has 0 amide bonds. The third-order valence-electron chi connectivity index (χ3n) is 7.41. The molecule has 0 radical (unpaired) electrons. The second-order valence-electron chi connectivity index (χ2n) is 8.17. The summed E-state index contributed by atoms with van der Waals surface area (Å²) in [5.41, 5.74) is 1.50. The van der Waals surface area contributed by atoms with Gasteiger partial charge in [0, 0.05) is 27.9 Å². The quantitative estimate of drug-likeness (QED) is 0.735. The van der Waals surface area contributed by atoms with Crippen LogP contribution in [0.5, 0.6) is 0 Å². The molecule has 2 bridgehead atoms. The Bertz CT molecular complexity index is 808. The van der Waals surface area contributed by atoms with E-state index in [9.17, 15) is 4.79 Å². The number of hydrogen-bond donors (Lipinski definition) is 0. The first-order chi connectivity index (χ1) is 12.1. The van der Waals surface area contributed by atoms with Gasteiger partial charge in [0.1, 0.15) is 6.61 Å². The van der Waals surface area contributed by atoms with Crippen molar-refractivity contribution in [1.82, 2.24) is 0 Å². The maximum absolute atomic E-state index is 12.3. The zero-order valence-electron chi connectivity index (χ0n) is 14.0. The monoisotopic (exact) mass is 340 g/mol. The molecule has 0 aromatic carbocycles. The number of rotatable bonds is 1. The SMILES string of the molecule is C[C@@H]1[C@@H]2C[C@@]34COC(=O)C3=CC=C[C@H]4[C@]13C[C@H](c1ccoc1)O[C@H]3O2. The van der Waals surface area contributed by atoms with Gasteiger partial charge in [0.2, 0.25) is 0 Å². The molecule has 0 unspecified atom stereocenters. The van der Waals surface area contributed by atoms with Crippen LogP contribution in [0.25, 0.3) is 0 Å². The van der Waals surface area contributed by atoms with Gasteiger partial charge in [-0.05, 0) is 24.8 Å². The van der Waals surface area contributed by atoms with Gasteiger partial charge in [-0.3, -0.25) is 0 Å². The van der Waals surface area contributed by atoms with Crippen LogP contribution in [0, 0.1) is 22.7 Å². The summed E-state index contributed by atoms with van der Waals surface area (Å²) in [5.74, 6) is 0.411. The molecule has 5 aliphatic rings. The Morgan fingerprint density at radius 3 is 3.00 bits per heavy atom. The Kier molecular flexibility index (Phi) is 2.56. The highest BCUT2D eigenvalue weighted by atomic mass is 16.7. The number of cyclic esters (lactones) is 1. The molecule has 4 fully saturated rings. The molecule has 1 aromatic rings. The molecule has 0 N–H and O–H groups in total. The largest absolute Gasteiger partial charge is 0.472 e. The Hall–Kier alpha value is -1.85. The Balaban J connectivity index is 1.48. The maximum atomic E-state index is 12.3. The molecular weight excluding hydrogens is 320 g/mol. The summed E-state index contributed by atoms with van der Waals surface area (Å²) in [6.45, 7) is 2.74. The van der Waals surface area contributed by atoms with Crippen LogP contribution in [-0.2, 0) is 19.0 Å². The number of furan rings is 1. The molecule has 1 aromatic heterocycles. The van der Waals surface area contributed by atoms with Gasteiger partial charge < -0.3 is 18.6 Å². The van der Waals surface area contributed by atoms with Gasteiger partial charge in [-0.1, -0.05) is 25.2 Å². The van der Waals surface area contributed by atoms with Gasteiger partial charge in [0.05, 0.1) is 24.7 Å². The summed E-state index contributed by atoms with van der Waals surface area (Å²) in [6, 6.07) is 1.97. The van der Waals surface area contributed by atoms with Crippen molar-refractivity contribution in [3.8, 4) is 0 Å². The molecule has 4 heterocycles. The van der Waals surface area contributed by atoms with Gasteiger partial charge in [-0.15, -0.1) is 0 Å². The summed E-state index contributed by atoms with van der Waals surface area (Å²) in [6.07, 6.45) is 11.2. The van der Waals surface area contributed by atoms with Crippen molar-refractivity contribution in [2.24, 2.45) is 22.7 Å². The summed E-state index contributed by atoms with van der Waals surface area (Å²) in [4.78, 5) is 12.3. The normalized spacial score (nSPS) is 49.4. The van der Waals surface area contributed by atoms with Crippen molar-refractivity contribution < 1.29 is 23.4 Å². The topological polar surface area (TPSA) is 57.9 Å². The molecule has 3 aliphatic heterocycles. The molecule has 2 aliphatic carbocycles. The van der Waals surface area contributed by atoms with E-state index in [0.29, 0.717) is 12.5 Å². The lowest BCUT2D eigenvalue weighted by Crippen LogP contribution is -2.54. The van der Waals surface area contributed by atoms with Gasteiger partial charge in [-0.2, -0.15) is 0 Å². The van der Waals surface area contributed by atoms with Gasteiger partial charge in [0.25, 0.3) is 0 Å². The van der Waals surface area contributed by atoms with Crippen LogP contribution in [0.15, 0.2) is 46.8 Å². The third kappa shape index (κ3) is 1.51. The lowest BCUT2D eigenvalue weighted by atomic mass is 9.48. The van der Waals surface area contributed by atoms with Gasteiger partial charge >= 0.3 is 5.97 Å². The van der Waals surface area contributed by atoms with Crippen molar-refractivity contribution in [2.75, 3.05) is 6.61 Å². The van der Waals surface area contributed by atoms with Crippen LogP contribution < -0.4 is 0 Å². The zero-order chi connectivity index (χ0) is 16.8. The minimum absolute atomic E-state index is 0.0249. The molecule has 130 valence electrons. The number of ether oxygens (including phenoxy) is 3. The molecule has 6 rings (SSSR count). The van der Waals surface area contributed by atoms with E-state index in [1.165, 1.54) is 0 Å². The van der Waals surface area contributed by atoms with Crippen LogP contribution >= 0.6 is 0 Å². The van der Waals surface area contributed by atoms with E-state index in [2.05, 4.69) is 13.0 Å². The van der Waals surface area contributed by atoms with Crippen molar-refractivity contribution in [1.29, 1.82) is 0 Å². The smallest absolute Gasteiger partial charge is 0.334 e. The Morgan fingerprint density at radius 2 is 2.16 bits per heavy atom. The maximum Gasteiger partial charge on any atom is 0.334 e. The molecular formula is C20H20O5. The number of carbonyl (C=O) groups excluding carboxylic acids is 1. The molecule has 5 nitrogen and oxygen atoms in total. The minimum atomic E-state index is -0.258. The number of esters is 1. The Morgan fingerprint density at radius 1 is 1.24 bits per heavy atom. The van der Waals surface area contributed by atoms with Crippen LogP contribution in [0.2, 0.25) is 0 Å². The predicted molar refractivity (Wildman–Crippen MR) is 86.1 cm³/mol. The van der Waals surface area contributed by atoms with Crippen molar-refractivity contribution >= 4 is 5.97 Å². The fourth-order valence-electron chi connectivity index (χ4n) is 6.20. The van der Waals surface area contributed by atoms with E-state index in [1.807, 2.05) is 18.2 Å². The van der Waals surface area contributed by atoms with Crippen LogP contribution in [0.3, 0.4) is 0 Å². The van der Waals surface area contributed by atoms with E-state index < -0.39 is 0 Å². The van der Waals surface area contributed by atoms with E-state index >= 15 is 0 Å². The number of carbonyl (C=O) groups is 1. The molecule has 2 spiro atoms. The summed E-state index contributed by atoms with van der Waals surface area (Å²) >= 11 is 0. The predicted octanol–water partition coefficient (Wildman–Crippen LogP) is 3.15. The van der Waals surface area contributed by atoms with Crippen LogP contribution in [0.4, 0.5) is 0 Å². The standard InChI is InChI=1S/C20H20O5/c1-11-14-7-19-10-23-17(21)13(19)3-2-4-16(19)20(11)8-15(25-18(20)24-14)12-5-6-22-9-12/h2-6,9,11,14-16,18H,7-8,10H2,1H3/t11-,14+,15-,16-,18-,19-,20+/m1/s1. The number of allylic oxidation sites excluding steroid dienone is 3. The lowest BCUT2D eigenvalue weighted by Gasteiger charge is -2.52. The van der Waals surface area contributed by atoms with Gasteiger partial charge in [-0.25, -0.2) is 4.79 Å².